The molecule has 22 heavy (non-hydrogen) atoms. The molecular weight excluding hydrogens is 302 g/mol. The SMILES string of the molecule is COCc1cnc(NC(=O)N2CCCC2c2cnn(C)c2)s1. The highest BCUT2D eigenvalue weighted by molar-refractivity contribution is 7.15. The number of urea groups is 1. The summed E-state index contributed by atoms with van der Waals surface area (Å²) >= 11 is 1.43. The number of amides is 2. The number of aryl methyl sites for hydroxylation is 1. The lowest BCUT2D eigenvalue weighted by Gasteiger charge is -2.23. The minimum Gasteiger partial charge on any atom is -0.379 e. The molecule has 3 rings (SSSR count). The number of nitrogens with zero attached hydrogens (tertiary/aromatic N) is 4. The molecule has 0 spiro atoms. The molecule has 2 aromatic rings. The van der Waals surface area contributed by atoms with Crippen LogP contribution in [0.2, 0.25) is 0 Å². The summed E-state index contributed by atoms with van der Waals surface area (Å²) in [5.41, 5.74) is 1.08. The van der Waals surface area contributed by atoms with Crippen molar-refractivity contribution in [2.45, 2.75) is 25.5 Å². The second kappa shape index (κ2) is 6.45. The molecule has 1 aliphatic rings. The first-order chi connectivity index (χ1) is 10.7. The third-order valence-corrected chi connectivity index (χ3v) is 4.56. The normalized spacial score (nSPS) is 17.9. The fraction of sp³-hybridized carbons (Fsp3) is 0.500. The Morgan fingerprint density at radius 2 is 2.41 bits per heavy atom. The maximum atomic E-state index is 12.5. The lowest BCUT2D eigenvalue weighted by Crippen LogP contribution is -2.34. The summed E-state index contributed by atoms with van der Waals surface area (Å²) in [6, 6.07) is -0.0169. The first kappa shape index (κ1) is 15.0. The zero-order valence-corrected chi connectivity index (χ0v) is 13.5. The molecule has 1 unspecified atom stereocenters. The van der Waals surface area contributed by atoms with Gasteiger partial charge in [-0.05, 0) is 12.8 Å². The topological polar surface area (TPSA) is 72.3 Å². The van der Waals surface area contributed by atoms with Gasteiger partial charge in [-0.3, -0.25) is 10.00 Å². The summed E-state index contributed by atoms with van der Waals surface area (Å²) in [6.45, 7) is 1.26. The van der Waals surface area contributed by atoms with Gasteiger partial charge < -0.3 is 9.64 Å². The fourth-order valence-corrected chi connectivity index (χ4v) is 3.48. The van der Waals surface area contributed by atoms with Gasteiger partial charge in [0.15, 0.2) is 5.13 Å². The molecule has 3 heterocycles. The van der Waals surface area contributed by atoms with Crippen molar-refractivity contribution in [3.8, 4) is 0 Å². The van der Waals surface area contributed by atoms with E-state index in [9.17, 15) is 4.79 Å². The lowest BCUT2D eigenvalue weighted by atomic mass is 10.1. The second-order valence-electron chi connectivity index (χ2n) is 5.29. The van der Waals surface area contributed by atoms with E-state index in [2.05, 4.69) is 15.4 Å². The van der Waals surface area contributed by atoms with E-state index < -0.39 is 0 Å². The van der Waals surface area contributed by atoms with Crippen molar-refractivity contribution >= 4 is 22.5 Å². The molecular formula is C14H19N5O2S. The smallest absolute Gasteiger partial charge is 0.324 e. The third kappa shape index (κ3) is 3.12. The average Bonchev–Trinajstić information content (AvgIpc) is 3.19. The number of ether oxygens (including phenoxy) is 1. The minimum atomic E-state index is -0.107. The highest BCUT2D eigenvalue weighted by Crippen LogP contribution is 2.32. The largest absolute Gasteiger partial charge is 0.379 e. The Kier molecular flexibility index (Phi) is 4.39. The molecule has 8 heteroatoms. The first-order valence-corrected chi connectivity index (χ1v) is 7.99. The van der Waals surface area contributed by atoms with E-state index in [1.54, 1.807) is 18.0 Å². The van der Waals surface area contributed by atoms with Gasteiger partial charge in [-0.2, -0.15) is 5.10 Å². The van der Waals surface area contributed by atoms with Gasteiger partial charge in [-0.1, -0.05) is 11.3 Å². The van der Waals surface area contributed by atoms with Crippen molar-refractivity contribution in [1.82, 2.24) is 19.7 Å². The summed E-state index contributed by atoms with van der Waals surface area (Å²) in [5, 5.41) is 7.68. The van der Waals surface area contributed by atoms with Crippen LogP contribution in [0.1, 0.15) is 29.3 Å². The van der Waals surface area contributed by atoms with Crippen molar-refractivity contribution < 1.29 is 9.53 Å². The van der Waals surface area contributed by atoms with Crippen LogP contribution in [0.5, 0.6) is 0 Å². The fourth-order valence-electron chi connectivity index (χ4n) is 2.71. The monoisotopic (exact) mass is 321 g/mol. The van der Waals surface area contributed by atoms with Crippen LogP contribution in [0, 0.1) is 0 Å². The zero-order valence-electron chi connectivity index (χ0n) is 12.7. The molecule has 118 valence electrons. The lowest BCUT2D eigenvalue weighted by molar-refractivity contribution is 0.187. The molecule has 2 amide bonds. The van der Waals surface area contributed by atoms with Crippen LogP contribution >= 0.6 is 11.3 Å². The van der Waals surface area contributed by atoms with E-state index in [1.165, 1.54) is 11.3 Å². The van der Waals surface area contributed by atoms with Gasteiger partial charge in [0.05, 0.1) is 23.7 Å². The Morgan fingerprint density at radius 3 is 3.14 bits per heavy atom. The summed E-state index contributed by atoms with van der Waals surface area (Å²) in [6.07, 6.45) is 7.49. The van der Waals surface area contributed by atoms with Crippen molar-refractivity contribution in [1.29, 1.82) is 0 Å². The molecule has 0 radical (unpaired) electrons. The van der Waals surface area contributed by atoms with E-state index in [-0.39, 0.29) is 12.1 Å². The van der Waals surface area contributed by atoms with Gasteiger partial charge in [-0.15, -0.1) is 0 Å². The second-order valence-corrected chi connectivity index (χ2v) is 6.41. The highest BCUT2D eigenvalue weighted by Gasteiger charge is 2.31. The van der Waals surface area contributed by atoms with Crippen LogP contribution in [0.3, 0.4) is 0 Å². The molecule has 0 aromatic carbocycles. The Labute approximate surface area is 132 Å². The predicted molar refractivity (Wildman–Crippen MR) is 83.7 cm³/mol. The number of methoxy groups -OCH3 is 1. The van der Waals surface area contributed by atoms with Crippen molar-refractivity contribution in [2.75, 3.05) is 19.0 Å². The number of anilines is 1. The summed E-state index contributed by atoms with van der Waals surface area (Å²) < 4.78 is 6.83. The molecule has 1 fully saturated rings. The Morgan fingerprint density at radius 1 is 1.55 bits per heavy atom. The maximum absolute atomic E-state index is 12.5. The molecule has 1 saturated heterocycles. The van der Waals surface area contributed by atoms with Crippen molar-refractivity contribution in [2.24, 2.45) is 7.05 Å². The summed E-state index contributed by atoms with van der Waals surface area (Å²) in [5.74, 6) is 0. The standard InChI is InChI=1S/C14H19N5O2S/c1-18-8-10(6-16-18)12-4-3-5-19(12)14(20)17-13-15-7-11(22-13)9-21-2/h6-8,12H,3-5,9H2,1-2H3,(H,15,17,20). The van der Waals surface area contributed by atoms with Crippen LogP contribution in [0.4, 0.5) is 9.93 Å². The third-order valence-electron chi connectivity index (χ3n) is 3.68. The predicted octanol–water partition coefficient (Wildman–Crippen LogP) is 2.39. The van der Waals surface area contributed by atoms with Crippen LogP contribution in [-0.2, 0) is 18.4 Å². The number of thiazole rings is 1. The first-order valence-electron chi connectivity index (χ1n) is 7.17. The van der Waals surface area contributed by atoms with Gasteiger partial charge in [0.1, 0.15) is 0 Å². The number of likely N-dealkylation sites (tertiary alicyclic amines) is 1. The number of hydrogen-bond acceptors (Lipinski definition) is 5. The molecule has 2 aromatic heterocycles. The van der Waals surface area contributed by atoms with E-state index >= 15 is 0 Å². The molecule has 0 bridgehead atoms. The Bertz CT molecular complexity index is 653. The number of carbonyl (C=O) groups excluding carboxylic acids is 1. The summed E-state index contributed by atoms with van der Waals surface area (Å²) in [7, 11) is 3.52. The van der Waals surface area contributed by atoms with Crippen LogP contribution < -0.4 is 5.32 Å². The van der Waals surface area contributed by atoms with Gasteiger partial charge in [0.25, 0.3) is 0 Å². The van der Waals surface area contributed by atoms with Gasteiger partial charge in [-0.25, -0.2) is 9.78 Å². The van der Waals surface area contributed by atoms with Gasteiger partial charge in [0, 0.05) is 38.7 Å². The van der Waals surface area contributed by atoms with Crippen molar-refractivity contribution in [3.63, 3.8) is 0 Å². The number of carbonyl (C=O) groups is 1. The van der Waals surface area contributed by atoms with Crippen LogP contribution in [-0.4, -0.2) is 39.4 Å². The van der Waals surface area contributed by atoms with Crippen LogP contribution in [0.15, 0.2) is 18.6 Å². The Balaban J connectivity index is 1.67. The molecule has 1 N–H and O–H groups in total. The van der Waals surface area contributed by atoms with Gasteiger partial charge >= 0.3 is 6.03 Å². The minimum absolute atomic E-state index is 0.0899. The number of nitrogens with one attached hydrogen (secondary N) is 1. The van der Waals surface area contributed by atoms with E-state index in [4.69, 9.17) is 4.74 Å². The Hall–Kier alpha value is -1.93. The van der Waals surface area contributed by atoms with Crippen molar-refractivity contribution in [3.05, 3.63) is 29.0 Å². The molecule has 0 aliphatic carbocycles. The number of hydrogen-bond donors (Lipinski definition) is 1. The summed E-state index contributed by atoms with van der Waals surface area (Å²) in [4.78, 5) is 19.6. The average molecular weight is 321 g/mol. The molecule has 7 nitrogen and oxygen atoms in total. The van der Waals surface area contributed by atoms with E-state index in [0.717, 1.165) is 29.8 Å². The zero-order chi connectivity index (χ0) is 15.5. The van der Waals surface area contributed by atoms with E-state index in [1.807, 2.05) is 24.3 Å². The highest BCUT2D eigenvalue weighted by atomic mass is 32.1. The number of rotatable bonds is 4. The van der Waals surface area contributed by atoms with E-state index in [0.29, 0.717) is 11.7 Å². The number of aromatic nitrogens is 3. The van der Waals surface area contributed by atoms with Crippen LogP contribution in [0.25, 0.3) is 0 Å². The quantitative estimate of drug-likeness (QED) is 0.938. The molecule has 1 aliphatic heterocycles. The molecule has 1 atom stereocenters. The van der Waals surface area contributed by atoms with Gasteiger partial charge in [0.2, 0.25) is 0 Å². The molecule has 0 saturated carbocycles. The maximum Gasteiger partial charge on any atom is 0.324 e.